The van der Waals surface area contributed by atoms with Gasteiger partial charge in [0.1, 0.15) is 0 Å². The van der Waals surface area contributed by atoms with E-state index in [2.05, 4.69) is 15.6 Å². The van der Waals surface area contributed by atoms with Crippen LogP contribution in [0.2, 0.25) is 0 Å². The van der Waals surface area contributed by atoms with Crippen LogP contribution >= 0.6 is 0 Å². The quantitative estimate of drug-likeness (QED) is 0.353. The van der Waals surface area contributed by atoms with E-state index in [4.69, 9.17) is 4.98 Å². The molecule has 5 aromatic rings. The fourth-order valence-corrected chi connectivity index (χ4v) is 3.86. The van der Waals surface area contributed by atoms with E-state index in [1.165, 1.54) is 0 Å². The Morgan fingerprint density at radius 3 is 2.34 bits per heavy atom. The summed E-state index contributed by atoms with van der Waals surface area (Å²) in [5, 5.41) is 6.65. The normalized spacial score (nSPS) is 10.6. The molecule has 35 heavy (non-hydrogen) atoms. The van der Waals surface area contributed by atoms with Gasteiger partial charge in [-0.25, -0.2) is 4.98 Å². The summed E-state index contributed by atoms with van der Waals surface area (Å²) in [6.07, 6.45) is 3.40. The van der Waals surface area contributed by atoms with Crippen LogP contribution in [0.5, 0.6) is 0 Å². The van der Waals surface area contributed by atoms with Gasteiger partial charge in [-0.3, -0.25) is 14.6 Å². The molecule has 0 aliphatic carbocycles. The Morgan fingerprint density at radius 1 is 0.743 bits per heavy atom. The van der Waals surface area contributed by atoms with Crippen LogP contribution in [0.4, 0.5) is 5.69 Å². The first-order valence-electron chi connectivity index (χ1n) is 11.2. The Kier molecular flexibility index (Phi) is 6.26. The molecule has 2 heterocycles. The summed E-state index contributed by atoms with van der Waals surface area (Å²) in [6.45, 7) is 0.284. The highest BCUT2D eigenvalue weighted by molar-refractivity contribution is 6.07. The van der Waals surface area contributed by atoms with E-state index in [9.17, 15) is 9.59 Å². The number of amides is 2. The number of pyridine rings is 2. The number of hydrogen-bond acceptors (Lipinski definition) is 4. The number of carbonyl (C=O) groups excluding carboxylic acids is 2. The van der Waals surface area contributed by atoms with Crippen molar-refractivity contribution in [3.05, 3.63) is 126 Å². The molecule has 0 aliphatic rings. The molecule has 0 spiro atoms. The van der Waals surface area contributed by atoms with Crippen molar-refractivity contribution in [2.75, 3.05) is 5.32 Å². The molecule has 0 fully saturated rings. The van der Waals surface area contributed by atoms with Crippen molar-refractivity contribution in [1.29, 1.82) is 0 Å². The van der Waals surface area contributed by atoms with Crippen LogP contribution in [0.25, 0.3) is 22.2 Å². The number of anilines is 1. The Morgan fingerprint density at radius 2 is 1.51 bits per heavy atom. The van der Waals surface area contributed by atoms with Crippen LogP contribution in [0.1, 0.15) is 26.3 Å². The zero-order chi connectivity index (χ0) is 24.0. The van der Waals surface area contributed by atoms with E-state index in [1.54, 1.807) is 30.6 Å². The average Bonchev–Trinajstić information content (AvgIpc) is 2.92. The molecule has 2 aromatic heterocycles. The number of carbonyl (C=O) groups is 2. The molecule has 0 saturated carbocycles. The van der Waals surface area contributed by atoms with Crippen molar-refractivity contribution in [3.63, 3.8) is 0 Å². The Labute approximate surface area is 202 Å². The first kappa shape index (κ1) is 22.0. The summed E-state index contributed by atoms with van der Waals surface area (Å²) in [7, 11) is 0. The van der Waals surface area contributed by atoms with Gasteiger partial charge in [0.2, 0.25) is 0 Å². The van der Waals surface area contributed by atoms with Gasteiger partial charge in [0, 0.05) is 41.1 Å². The predicted octanol–water partition coefficient (Wildman–Crippen LogP) is 5.48. The standard InChI is InChI=1S/C29H22N4O2/c34-28(32-23-9-2-1-3-10-23)22-8-6-7-20(17-22)19-31-29(35)25-18-27(21-13-15-30-16-14-21)33-26-12-5-4-11-24(25)26/h1-18H,19H2,(H,31,35)(H,32,34). The molecular formula is C29H22N4O2. The topological polar surface area (TPSA) is 84.0 Å². The Balaban J connectivity index is 1.36. The molecule has 2 N–H and O–H groups in total. The zero-order valence-electron chi connectivity index (χ0n) is 18.8. The summed E-state index contributed by atoms with van der Waals surface area (Å²) in [5.74, 6) is -0.412. The lowest BCUT2D eigenvalue weighted by Crippen LogP contribution is -2.23. The summed E-state index contributed by atoms with van der Waals surface area (Å²) in [4.78, 5) is 34.7. The Bertz CT molecular complexity index is 1500. The van der Waals surface area contributed by atoms with Crippen LogP contribution in [-0.4, -0.2) is 21.8 Å². The third-order valence-electron chi connectivity index (χ3n) is 5.61. The largest absolute Gasteiger partial charge is 0.348 e. The number of para-hydroxylation sites is 2. The first-order valence-corrected chi connectivity index (χ1v) is 11.2. The summed E-state index contributed by atoms with van der Waals surface area (Å²) in [6, 6.07) is 29.6. The fraction of sp³-hybridized carbons (Fsp3) is 0.0345. The second-order valence-electron chi connectivity index (χ2n) is 8.01. The summed E-state index contributed by atoms with van der Waals surface area (Å²) in [5.41, 5.74) is 4.95. The number of rotatable bonds is 6. The number of benzene rings is 3. The maximum Gasteiger partial charge on any atom is 0.255 e. The van der Waals surface area contributed by atoms with Crippen molar-refractivity contribution >= 4 is 28.4 Å². The predicted molar refractivity (Wildman–Crippen MR) is 137 cm³/mol. The van der Waals surface area contributed by atoms with Crippen molar-refractivity contribution in [1.82, 2.24) is 15.3 Å². The van der Waals surface area contributed by atoms with Crippen LogP contribution in [0, 0.1) is 0 Å². The number of nitrogens with zero attached hydrogens (tertiary/aromatic N) is 2. The molecule has 0 atom stereocenters. The van der Waals surface area contributed by atoms with E-state index < -0.39 is 0 Å². The zero-order valence-corrected chi connectivity index (χ0v) is 18.8. The van der Waals surface area contributed by atoms with Gasteiger partial charge in [-0.05, 0) is 54.1 Å². The van der Waals surface area contributed by atoms with Crippen molar-refractivity contribution in [2.45, 2.75) is 6.54 Å². The highest BCUT2D eigenvalue weighted by Gasteiger charge is 2.14. The second-order valence-corrected chi connectivity index (χ2v) is 8.01. The second kappa shape index (κ2) is 9.97. The maximum atomic E-state index is 13.2. The van der Waals surface area contributed by atoms with Gasteiger partial charge in [0.05, 0.1) is 16.8 Å². The average molecular weight is 459 g/mol. The van der Waals surface area contributed by atoms with E-state index >= 15 is 0 Å². The van der Waals surface area contributed by atoms with E-state index in [0.717, 1.165) is 27.7 Å². The van der Waals surface area contributed by atoms with Crippen molar-refractivity contribution < 1.29 is 9.59 Å². The van der Waals surface area contributed by atoms with Gasteiger partial charge in [0.15, 0.2) is 0 Å². The minimum atomic E-state index is -0.210. The fourth-order valence-electron chi connectivity index (χ4n) is 3.86. The van der Waals surface area contributed by atoms with Crippen LogP contribution in [0.3, 0.4) is 0 Å². The third kappa shape index (κ3) is 5.07. The lowest BCUT2D eigenvalue weighted by Gasteiger charge is -2.11. The Hall–Kier alpha value is -4.84. The minimum absolute atomic E-state index is 0.202. The van der Waals surface area contributed by atoms with E-state index in [1.807, 2.05) is 78.9 Å². The molecule has 2 amide bonds. The number of fused-ring (bicyclic) bond motifs is 1. The van der Waals surface area contributed by atoms with Crippen LogP contribution in [0.15, 0.2) is 109 Å². The molecule has 6 heteroatoms. The van der Waals surface area contributed by atoms with Crippen molar-refractivity contribution in [3.8, 4) is 11.3 Å². The molecular weight excluding hydrogens is 436 g/mol. The van der Waals surface area contributed by atoms with Crippen LogP contribution < -0.4 is 10.6 Å². The molecule has 5 rings (SSSR count). The SMILES string of the molecule is O=C(Nc1ccccc1)c1cccc(CNC(=O)c2cc(-c3ccncc3)nc3ccccc23)c1. The van der Waals surface area contributed by atoms with Gasteiger partial charge in [0.25, 0.3) is 11.8 Å². The first-order chi connectivity index (χ1) is 17.2. The lowest BCUT2D eigenvalue weighted by molar-refractivity contribution is 0.0952. The maximum absolute atomic E-state index is 13.2. The third-order valence-corrected chi connectivity index (χ3v) is 5.61. The van der Waals surface area contributed by atoms with Gasteiger partial charge >= 0.3 is 0 Å². The molecule has 170 valence electrons. The van der Waals surface area contributed by atoms with Gasteiger partial charge in [-0.2, -0.15) is 0 Å². The highest BCUT2D eigenvalue weighted by Crippen LogP contribution is 2.24. The number of hydrogen-bond donors (Lipinski definition) is 2. The number of aromatic nitrogens is 2. The highest BCUT2D eigenvalue weighted by atomic mass is 16.2. The monoisotopic (exact) mass is 458 g/mol. The molecule has 6 nitrogen and oxygen atoms in total. The number of nitrogens with one attached hydrogen (secondary N) is 2. The van der Waals surface area contributed by atoms with Gasteiger partial charge in [-0.1, -0.05) is 48.5 Å². The lowest BCUT2D eigenvalue weighted by atomic mass is 10.0. The summed E-state index contributed by atoms with van der Waals surface area (Å²) >= 11 is 0. The summed E-state index contributed by atoms with van der Waals surface area (Å²) < 4.78 is 0. The van der Waals surface area contributed by atoms with E-state index in [0.29, 0.717) is 16.8 Å². The molecule has 0 radical (unpaired) electrons. The smallest absolute Gasteiger partial charge is 0.255 e. The molecule has 0 aliphatic heterocycles. The minimum Gasteiger partial charge on any atom is -0.348 e. The molecule has 0 saturated heterocycles. The van der Waals surface area contributed by atoms with Gasteiger partial charge in [-0.15, -0.1) is 0 Å². The molecule has 0 bridgehead atoms. The molecule has 3 aromatic carbocycles. The van der Waals surface area contributed by atoms with Crippen molar-refractivity contribution in [2.24, 2.45) is 0 Å². The van der Waals surface area contributed by atoms with E-state index in [-0.39, 0.29) is 18.4 Å². The van der Waals surface area contributed by atoms with Gasteiger partial charge < -0.3 is 10.6 Å². The molecule has 0 unspecified atom stereocenters. The van der Waals surface area contributed by atoms with Crippen LogP contribution in [-0.2, 0) is 6.54 Å².